The second kappa shape index (κ2) is 7.21. The van der Waals surface area contributed by atoms with E-state index in [1.54, 1.807) is 0 Å². The van der Waals surface area contributed by atoms with E-state index in [2.05, 4.69) is 54.0 Å². The average molecular weight is 275 g/mol. The molecule has 2 rings (SSSR count). The Morgan fingerprint density at radius 2 is 1.60 bits per heavy atom. The Balaban J connectivity index is 1.70. The Kier molecular flexibility index (Phi) is 5.58. The van der Waals surface area contributed by atoms with Crippen LogP contribution < -0.4 is 5.73 Å². The van der Waals surface area contributed by atoms with Crippen LogP contribution in [0.1, 0.15) is 25.8 Å². The van der Waals surface area contributed by atoms with Crippen molar-refractivity contribution in [1.82, 2.24) is 9.80 Å². The van der Waals surface area contributed by atoms with Crippen molar-refractivity contribution in [2.24, 2.45) is 11.1 Å². The molecule has 0 aromatic heterocycles. The van der Waals surface area contributed by atoms with Gasteiger partial charge in [-0.2, -0.15) is 0 Å². The van der Waals surface area contributed by atoms with E-state index in [1.165, 1.54) is 44.7 Å². The molecule has 20 heavy (non-hydrogen) atoms. The highest BCUT2D eigenvalue weighted by atomic mass is 15.3. The van der Waals surface area contributed by atoms with Crippen molar-refractivity contribution in [2.75, 3.05) is 39.3 Å². The van der Waals surface area contributed by atoms with Crippen molar-refractivity contribution >= 4 is 0 Å². The molecule has 1 aromatic carbocycles. The third kappa shape index (κ3) is 4.89. The zero-order valence-electron chi connectivity index (χ0n) is 13.0. The fourth-order valence-electron chi connectivity index (χ4n) is 2.58. The summed E-state index contributed by atoms with van der Waals surface area (Å²) < 4.78 is 0. The minimum absolute atomic E-state index is 0.279. The molecule has 0 bridgehead atoms. The summed E-state index contributed by atoms with van der Waals surface area (Å²) in [6.45, 7) is 12.3. The quantitative estimate of drug-likeness (QED) is 0.864. The predicted molar refractivity (Wildman–Crippen MR) is 85.6 cm³/mol. The summed E-state index contributed by atoms with van der Waals surface area (Å²) in [5.41, 5.74) is 7.50. The number of nitrogens with two attached hydrogens (primary N) is 1. The van der Waals surface area contributed by atoms with Crippen LogP contribution in [0.3, 0.4) is 0 Å². The lowest BCUT2D eigenvalue weighted by Crippen LogP contribution is -2.46. The van der Waals surface area contributed by atoms with Crippen LogP contribution >= 0.6 is 0 Å². The molecule has 0 saturated carbocycles. The molecule has 0 amide bonds. The SMILES string of the molecule is CC(C)(CN)CCN1CCN(Cc2ccccc2)CC1. The van der Waals surface area contributed by atoms with E-state index in [9.17, 15) is 0 Å². The van der Waals surface area contributed by atoms with Crippen LogP contribution in [-0.4, -0.2) is 49.1 Å². The maximum Gasteiger partial charge on any atom is 0.0234 e. The molecular weight excluding hydrogens is 246 g/mol. The first-order chi connectivity index (χ1) is 9.59. The second-order valence-corrected chi connectivity index (χ2v) is 6.72. The number of nitrogens with zero attached hydrogens (tertiary/aromatic N) is 2. The molecule has 3 heteroatoms. The van der Waals surface area contributed by atoms with Gasteiger partial charge in [0.2, 0.25) is 0 Å². The molecule has 0 radical (unpaired) electrons. The molecule has 1 fully saturated rings. The van der Waals surface area contributed by atoms with Crippen molar-refractivity contribution in [1.29, 1.82) is 0 Å². The summed E-state index contributed by atoms with van der Waals surface area (Å²) in [5, 5.41) is 0. The Labute approximate surface area is 123 Å². The van der Waals surface area contributed by atoms with Crippen LogP contribution in [0.5, 0.6) is 0 Å². The monoisotopic (exact) mass is 275 g/mol. The van der Waals surface area contributed by atoms with Crippen molar-refractivity contribution in [3.8, 4) is 0 Å². The van der Waals surface area contributed by atoms with Crippen molar-refractivity contribution < 1.29 is 0 Å². The summed E-state index contributed by atoms with van der Waals surface area (Å²) >= 11 is 0. The molecule has 0 aliphatic carbocycles. The van der Waals surface area contributed by atoms with E-state index >= 15 is 0 Å². The van der Waals surface area contributed by atoms with Gasteiger partial charge in [0, 0.05) is 32.7 Å². The van der Waals surface area contributed by atoms with Gasteiger partial charge in [-0.05, 0) is 30.5 Å². The Morgan fingerprint density at radius 3 is 2.20 bits per heavy atom. The Bertz CT molecular complexity index is 380. The minimum atomic E-state index is 0.279. The molecule has 0 unspecified atom stereocenters. The van der Waals surface area contributed by atoms with Gasteiger partial charge in [-0.15, -0.1) is 0 Å². The van der Waals surface area contributed by atoms with Gasteiger partial charge < -0.3 is 10.6 Å². The van der Waals surface area contributed by atoms with Gasteiger partial charge in [-0.3, -0.25) is 4.90 Å². The highest BCUT2D eigenvalue weighted by Crippen LogP contribution is 2.19. The fourth-order valence-corrected chi connectivity index (χ4v) is 2.58. The molecule has 2 N–H and O–H groups in total. The summed E-state index contributed by atoms with van der Waals surface area (Å²) in [7, 11) is 0. The molecule has 1 aliphatic rings. The van der Waals surface area contributed by atoms with Gasteiger partial charge in [0.25, 0.3) is 0 Å². The molecule has 112 valence electrons. The maximum absolute atomic E-state index is 5.80. The van der Waals surface area contributed by atoms with E-state index in [4.69, 9.17) is 5.73 Å². The number of benzene rings is 1. The standard InChI is InChI=1S/C17H29N3/c1-17(2,15-18)8-9-19-10-12-20(13-11-19)14-16-6-4-3-5-7-16/h3-7H,8-15,18H2,1-2H3. The molecular formula is C17H29N3. The summed E-state index contributed by atoms with van der Waals surface area (Å²) in [6, 6.07) is 10.8. The molecule has 1 saturated heterocycles. The normalized spacial score (nSPS) is 18.4. The third-order valence-corrected chi connectivity index (χ3v) is 4.37. The van der Waals surface area contributed by atoms with Crippen LogP contribution in [-0.2, 0) is 6.54 Å². The lowest BCUT2D eigenvalue weighted by molar-refractivity contribution is 0.115. The first-order valence-corrected chi connectivity index (χ1v) is 7.78. The third-order valence-electron chi connectivity index (χ3n) is 4.37. The van der Waals surface area contributed by atoms with Gasteiger partial charge in [0.05, 0.1) is 0 Å². The largest absolute Gasteiger partial charge is 0.330 e. The van der Waals surface area contributed by atoms with Crippen LogP contribution in [0, 0.1) is 5.41 Å². The summed E-state index contributed by atoms with van der Waals surface area (Å²) in [5.74, 6) is 0. The molecule has 0 spiro atoms. The highest BCUT2D eigenvalue weighted by Gasteiger charge is 2.20. The number of rotatable bonds is 6. The van der Waals surface area contributed by atoms with E-state index in [1.807, 2.05) is 0 Å². The van der Waals surface area contributed by atoms with Gasteiger partial charge in [0.15, 0.2) is 0 Å². The van der Waals surface area contributed by atoms with Gasteiger partial charge in [-0.1, -0.05) is 44.2 Å². The second-order valence-electron chi connectivity index (χ2n) is 6.72. The van der Waals surface area contributed by atoms with Crippen molar-refractivity contribution in [2.45, 2.75) is 26.8 Å². The smallest absolute Gasteiger partial charge is 0.0234 e. The lowest BCUT2D eigenvalue weighted by atomic mass is 9.89. The first kappa shape index (κ1) is 15.5. The van der Waals surface area contributed by atoms with Crippen molar-refractivity contribution in [3.05, 3.63) is 35.9 Å². The molecule has 0 atom stereocenters. The van der Waals surface area contributed by atoms with Gasteiger partial charge >= 0.3 is 0 Å². The molecule has 3 nitrogen and oxygen atoms in total. The minimum Gasteiger partial charge on any atom is -0.330 e. The number of hydrogen-bond donors (Lipinski definition) is 1. The van der Waals surface area contributed by atoms with E-state index in [0.29, 0.717) is 0 Å². The lowest BCUT2D eigenvalue weighted by Gasteiger charge is -2.36. The topological polar surface area (TPSA) is 32.5 Å². The van der Waals surface area contributed by atoms with Crippen molar-refractivity contribution in [3.63, 3.8) is 0 Å². The predicted octanol–water partition coefficient (Wildman–Crippen LogP) is 2.18. The van der Waals surface area contributed by atoms with Gasteiger partial charge in [0.1, 0.15) is 0 Å². The molecule has 1 aromatic rings. The molecule has 1 heterocycles. The van der Waals surface area contributed by atoms with Crippen LogP contribution in [0.2, 0.25) is 0 Å². The first-order valence-electron chi connectivity index (χ1n) is 7.78. The van der Waals surface area contributed by atoms with E-state index in [0.717, 1.165) is 13.1 Å². The zero-order valence-corrected chi connectivity index (χ0v) is 13.0. The summed E-state index contributed by atoms with van der Waals surface area (Å²) in [6.07, 6.45) is 1.20. The van der Waals surface area contributed by atoms with Crippen LogP contribution in [0.15, 0.2) is 30.3 Å². The Hall–Kier alpha value is -0.900. The van der Waals surface area contributed by atoms with E-state index in [-0.39, 0.29) is 5.41 Å². The Morgan fingerprint density at radius 1 is 1.00 bits per heavy atom. The fraction of sp³-hybridized carbons (Fsp3) is 0.647. The van der Waals surface area contributed by atoms with Gasteiger partial charge in [-0.25, -0.2) is 0 Å². The summed E-state index contributed by atoms with van der Waals surface area (Å²) in [4.78, 5) is 5.14. The average Bonchev–Trinajstić information content (AvgIpc) is 2.48. The van der Waals surface area contributed by atoms with Crippen LogP contribution in [0.25, 0.3) is 0 Å². The molecule has 1 aliphatic heterocycles. The number of piperazine rings is 1. The number of hydrogen-bond acceptors (Lipinski definition) is 3. The highest BCUT2D eigenvalue weighted by molar-refractivity contribution is 5.14. The van der Waals surface area contributed by atoms with E-state index < -0.39 is 0 Å². The van der Waals surface area contributed by atoms with Crippen LogP contribution in [0.4, 0.5) is 0 Å². The zero-order chi connectivity index (χ0) is 14.4. The maximum atomic E-state index is 5.80.